The van der Waals surface area contributed by atoms with E-state index in [1.165, 1.54) is 0 Å². The molecule has 1 amide bonds. The Labute approximate surface area is 135 Å². The van der Waals surface area contributed by atoms with E-state index in [1.807, 2.05) is 30.1 Å². The van der Waals surface area contributed by atoms with E-state index in [0.717, 1.165) is 18.7 Å². The minimum atomic E-state index is -0.344. The highest BCUT2D eigenvalue weighted by atomic mass is 35.5. The predicted molar refractivity (Wildman–Crippen MR) is 84.3 cm³/mol. The van der Waals surface area contributed by atoms with Gasteiger partial charge < -0.3 is 19.3 Å². The number of rotatable bonds is 3. The lowest BCUT2D eigenvalue weighted by Gasteiger charge is -2.31. The van der Waals surface area contributed by atoms with Crippen LogP contribution in [0.15, 0.2) is 24.3 Å². The smallest absolute Gasteiger partial charge is 0.253 e. The number of carbonyl (C=O) groups excluding carboxylic acids is 1. The van der Waals surface area contributed by atoms with Gasteiger partial charge in [-0.2, -0.15) is 0 Å². The van der Waals surface area contributed by atoms with Crippen LogP contribution < -0.4 is 4.74 Å². The number of amides is 1. The molecule has 2 heterocycles. The van der Waals surface area contributed by atoms with Crippen LogP contribution in [0, 0.1) is 0 Å². The predicted octanol–water partition coefficient (Wildman–Crippen LogP) is 1.65. The molecule has 0 aliphatic carbocycles. The van der Waals surface area contributed by atoms with Crippen molar-refractivity contribution in [3.8, 4) is 5.75 Å². The molecule has 0 radical (unpaired) electrons. The molecule has 0 spiro atoms. The number of benzene rings is 1. The fourth-order valence-corrected chi connectivity index (χ4v) is 3.07. The molecule has 1 aromatic carbocycles. The second-order valence-electron chi connectivity index (χ2n) is 5.89. The van der Waals surface area contributed by atoms with Gasteiger partial charge in [-0.3, -0.25) is 4.79 Å². The summed E-state index contributed by atoms with van der Waals surface area (Å²) in [5.74, 6) is 0.823. The van der Waals surface area contributed by atoms with Crippen molar-refractivity contribution in [1.82, 2.24) is 9.80 Å². The van der Waals surface area contributed by atoms with E-state index in [0.29, 0.717) is 31.3 Å². The third-order valence-corrected chi connectivity index (χ3v) is 4.34. The molecule has 2 atom stereocenters. The first-order valence-electron chi connectivity index (χ1n) is 7.63. The number of likely N-dealkylation sites (tertiary alicyclic amines) is 1. The second kappa shape index (κ2) is 6.86. The molecule has 2 aliphatic heterocycles. The van der Waals surface area contributed by atoms with Gasteiger partial charge in [-0.05, 0) is 25.2 Å². The summed E-state index contributed by atoms with van der Waals surface area (Å²) in [7, 11) is 2.01. The van der Waals surface area contributed by atoms with Crippen LogP contribution in [0.25, 0.3) is 0 Å². The summed E-state index contributed by atoms with van der Waals surface area (Å²) in [6.45, 7) is 3.48. The van der Waals surface area contributed by atoms with E-state index in [-0.39, 0.29) is 18.1 Å². The summed E-state index contributed by atoms with van der Waals surface area (Å²) >= 11 is 5.96. The van der Waals surface area contributed by atoms with Crippen molar-refractivity contribution in [1.29, 1.82) is 0 Å². The highest BCUT2D eigenvalue weighted by Gasteiger charge is 2.34. The lowest BCUT2D eigenvalue weighted by molar-refractivity contribution is -0.148. The first kappa shape index (κ1) is 15.6. The average molecular weight is 325 g/mol. The number of morpholine rings is 1. The average Bonchev–Trinajstić information content (AvgIpc) is 2.95. The zero-order chi connectivity index (χ0) is 15.5. The van der Waals surface area contributed by atoms with Gasteiger partial charge in [0, 0.05) is 31.1 Å². The Morgan fingerprint density at radius 1 is 1.36 bits per heavy atom. The Hall–Kier alpha value is -1.30. The fraction of sp³-hybridized carbons (Fsp3) is 0.562. The molecule has 2 saturated heterocycles. The maximum Gasteiger partial charge on any atom is 0.253 e. The van der Waals surface area contributed by atoms with E-state index in [2.05, 4.69) is 4.90 Å². The molecular formula is C16H21ClN2O3. The molecule has 5 nitrogen and oxygen atoms in total. The maximum absolute atomic E-state index is 12.5. The highest BCUT2D eigenvalue weighted by molar-refractivity contribution is 6.30. The van der Waals surface area contributed by atoms with Gasteiger partial charge in [0.25, 0.3) is 5.91 Å². The molecular weight excluding hydrogens is 304 g/mol. The van der Waals surface area contributed by atoms with Crippen molar-refractivity contribution in [3.63, 3.8) is 0 Å². The van der Waals surface area contributed by atoms with Crippen LogP contribution in [0.4, 0.5) is 0 Å². The van der Waals surface area contributed by atoms with E-state index >= 15 is 0 Å². The van der Waals surface area contributed by atoms with Gasteiger partial charge in [0.05, 0.1) is 13.2 Å². The molecule has 0 bridgehead atoms. The highest BCUT2D eigenvalue weighted by Crippen LogP contribution is 2.22. The Bertz CT molecular complexity index is 540. The number of nitrogens with zero attached hydrogens (tertiary/aromatic N) is 2. The quantitative estimate of drug-likeness (QED) is 0.848. The summed E-state index contributed by atoms with van der Waals surface area (Å²) in [6.07, 6.45) is 0.508. The fourth-order valence-electron chi connectivity index (χ4n) is 2.89. The first-order chi connectivity index (χ1) is 10.6. The first-order valence-corrected chi connectivity index (χ1v) is 8.01. The van der Waals surface area contributed by atoms with Crippen molar-refractivity contribution in [2.24, 2.45) is 0 Å². The Morgan fingerprint density at radius 3 is 3.00 bits per heavy atom. The zero-order valence-electron chi connectivity index (χ0n) is 12.7. The van der Waals surface area contributed by atoms with Gasteiger partial charge in [0.2, 0.25) is 0 Å². The van der Waals surface area contributed by atoms with E-state index in [9.17, 15) is 4.79 Å². The molecule has 1 aromatic rings. The van der Waals surface area contributed by atoms with Crippen LogP contribution >= 0.6 is 11.6 Å². The number of hydrogen-bond donors (Lipinski definition) is 0. The molecule has 120 valence electrons. The lowest BCUT2D eigenvalue weighted by Crippen LogP contribution is -2.49. The monoisotopic (exact) mass is 324 g/mol. The number of carbonyl (C=O) groups is 1. The van der Waals surface area contributed by atoms with Gasteiger partial charge in [-0.15, -0.1) is 0 Å². The molecule has 22 heavy (non-hydrogen) atoms. The van der Waals surface area contributed by atoms with Crippen LogP contribution in [0.2, 0.25) is 5.02 Å². The zero-order valence-corrected chi connectivity index (χ0v) is 13.5. The van der Waals surface area contributed by atoms with Crippen molar-refractivity contribution < 1.29 is 14.3 Å². The van der Waals surface area contributed by atoms with Gasteiger partial charge in [0.1, 0.15) is 18.0 Å². The second-order valence-corrected chi connectivity index (χ2v) is 6.33. The van der Waals surface area contributed by atoms with Gasteiger partial charge in [-0.1, -0.05) is 17.7 Å². The van der Waals surface area contributed by atoms with Crippen LogP contribution in [0.5, 0.6) is 5.75 Å². The van der Waals surface area contributed by atoms with Crippen LogP contribution in [0.3, 0.4) is 0 Å². The van der Waals surface area contributed by atoms with Crippen molar-refractivity contribution in [2.75, 3.05) is 39.8 Å². The summed E-state index contributed by atoms with van der Waals surface area (Å²) < 4.78 is 11.5. The number of halogens is 1. The van der Waals surface area contributed by atoms with Crippen LogP contribution in [-0.4, -0.2) is 67.7 Å². The minimum Gasteiger partial charge on any atom is -0.488 e. The lowest BCUT2D eigenvalue weighted by atomic mass is 10.2. The maximum atomic E-state index is 12.5. The largest absolute Gasteiger partial charge is 0.488 e. The van der Waals surface area contributed by atoms with E-state index in [1.54, 1.807) is 6.07 Å². The molecule has 2 fully saturated rings. The van der Waals surface area contributed by atoms with E-state index in [4.69, 9.17) is 21.1 Å². The van der Waals surface area contributed by atoms with Crippen molar-refractivity contribution >= 4 is 17.5 Å². The van der Waals surface area contributed by atoms with Gasteiger partial charge in [-0.25, -0.2) is 0 Å². The Morgan fingerprint density at radius 2 is 2.23 bits per heavy atom. The molecule has 6 heteroatoms. The molecule has 0 unspecified atom stereocenters. The topological polar surface area (TPSA) is 42.0 Å². The molecule has 0 N–H and O–H groups in total. The summed E-state index contributed by atoms with van der Waals surface area (Å²) in [5.41, 5.74) is 0. The van der Waals surface area contributed by atoms with Crippen LogP contribution in [-0.2, 0) is 9.53 Å². The summed E-state index contributed by atoms with van der Waals surface area (Å²) in [5, 5.41) is 0.655. The van der Waals surface area contributed by atoms with Gasteiger partial charge in [0.15, 0.2) is 0 Å². The molecule has 0 saturated carbocycles. The normalized spacial score (nSPS) is 26.2. The summed E-state index contributed by atoms with van der Waals surface area (Å²) in [6, 6.07) is 7.36. The Balaban J connectivity index is 1.54. The number of ether oxygens (including phenoxy) is 2. The molecule has 0 aromatic heterocycles. The van der Waals surface area contributed by atoms with Gasteiger partial charge >= 0.3 is 0 Å². The number of likely N-dealkylation sites (N-methyl/N-ethyl adjacent to an activating group) is 1. The van der Waals surface area contributed by atoms with E-state index < -0.39 is 0 Å². The summed E-state index contributed by atoms with van der Waals surface area (Å²) in [4.78, 5) is 16.5. The third kappa shape index (κ3) is 3.72. The third-order valence-electron chi connectivity index (χ3n) is 4.10. The van der Waals surface area contributed by atoms with Crippen molar-refractivity contribution in [2.45, 2.75) is 18.6 Å². The minimum absolute atomic E-state index is 0.0173. The van der Waals surface area contributed by atoms with Crippen molar-refractivity contribution in [3.05, 3.63) is 29.3 Å². The van der Waals surface area contributed by atoms with Crippen LogP contribution in [0.1, 0.15) is 6.42 Å². The molecule has 2 aliphatic rings. The number of hydrogen-bond acceptors (Lipinski definition) is 4. The Kier molecular flexibility index (Phi) is 4.86. The molecule has 3 rings (SSSR count). The SMILES string of the molecule is CN1CCO[C@H](C(=O)N2CC[C@@H](Oc3cccc(Cl)c3)C2)C1. The standard InChI is InChI=1S/C16H21ClN2O3/c1-18-7-8-21-15(11-18)16(20)19-6-5-14(10-19)22-13-4-2-3-12(17)9-13/h2-4,9,14-15H,5-8,10-11H2,1H3/t14-,15+/m1/s1.